The van der Waals surface area contributed by atoms with Gasteiger partial charge in [-0.3, -0.25) is 15.0 Å². The summed E-state index contributed by atoms with van der Waals surface area (Å²) in [4.78, 5) is 25.3. The lowest BCUT2D eigenvalue weighted by Crippen LogP contribution is -2.56. The van der Waals surface area contributed by atoms with Crippen LogP contribution in [-0.2, 0) is 0 Å². The number of amides is 2. The molecular weight excluding hydrogens is 319 g/mol. The van der Waals surface area contributed by atoms with E-state index in [9.17, 15) is 14.0 Å². The van der Waals surface area contributed by atoms with Crippen molar-refractivity contribution in [2.24, 2.45) is 0 Å². The van der Waals surface area contributed by atoms with E-state index in [0.717, 1.165) is 16.5 Å². The van der Waals surface area contributed by atoms with Gasteiger partial charge in [0.05, 0.1) is 16.8 Å². The fraction of sp³-hybridized carbons (Fsp3) is 0.333. The normalized spacial score (nSPS) is 11.2. The molecule has 1 aromatic carbocycles. The Kier molecular flexibility index (Phi) is 4.74. The molecule has 0 unspecified atom stereocenters. The summed E-state index contributed by atoms with van der Waals surface area (Å²) >= 11 is 0.936. The van der Waals surface area contributed by atoms with E-state index in [0.29, 0.717) is 10.6 Å². The first-order valence-corrected chi connectivity index (χ1v) is 7.68. The van der Waals surface area contributed by atoms with Gasteiger partial charge in [-0.1, -0.05) is 16.6 Å². The lowest BCUT2D eigenvalue weighted by atomic mass is 10.1. The van der Waals surface area contributed by atoms with Gasteiger partial charge in [0.15, 0.2) is 0 Å². The van der Waals surface area contributed by atoms with Crippen LogP contribution in [0.3, 0.4) is 0 Å². The van der Waals surface area contributed by atoms with Crippen molar-refractivity contribution in [3.63, 3.8) is 0 Å². The van der Waals surface area contributed by atoms with Gasteiger partial charge in [-0.15, -0.1) is 5.10 Å². The third kappa shape index (κ3) is 3.70. The van der Waals surface area contributed by atoms with Crippen molar-refractivity contribution in [1.29, 1.82) is 0 Å². The summed E-state index contributed by atoms with van der Waals surface area (Å²) in [5.74, 6) is -1.77. The van der Waals surface area contributed by atoms with Crippen LogP contribution >= 0.6 is 11.5 Å². The molecule has 0 radical (unpaired) electrons. The number of halogens is 1. The molecule has 0 saturated carbocycles. The number of aryl methyl sites for hydroxylation is 1. The van der Waals surface area contributed by atoms with Gasteiger partial charge in [0, 0.05) is 0 Å². The molecule has 0 spiro atoms. The maximum Gasteiger partial charge on any atom is 0.283 e. The molecule has 2 amide bonds. The number of hydrogen-bond donors (Lipinski definition) is 1. The minimum atomic E-state index is -0.749. The summed E-state index contributed by atoms with van der Waals surface area (Å²) in [5.41, 5.74) is 2.15. The second-order valence-electron chi connectivity index (χ2n) is 5.92. The second-order valence-corrected chi connectivity index (χ2v) is 6.67. The van der Waals surface area contributed by atoms with E-state index < -0.39 is 23.2 Å². The molecule has 1 heterocycles. The number of carbonyl (C=O) groups excluding carboxylic acids is 2. The monoisotopic (exact) mass is 336 g/mol. The van der Waals surface area contributed by atoms with Crippen molar-refractivity contribution in [3.05, 3.63) is 46.2 Å². The molecule has 0 atom stereocenters. The molecule has 2 aromatic rings. The lowest BCUT2D eigenvalue weighted by Gasteiger charge is -2.35. The van der Waals surface area contributed by atoms with Gasteiger partial charge < -0.3 is 0 Å². The van der Waals surface area contributed by atoms with E-state index in [1.54, 1.807) is 33.8 Å². The Bertz CT molecular complexity index is 739. The van der Waals surface area contributed by atoms with Crippen LogP contribution in [0.1, 0.15) is 46.5 Å². The van der Waals surface area contributed by atoms with Crippen LogP contribution in [0.5, 0.6) is 0 Å². The van der Waals surface area contributed by atoms with Crippen LogP contribution in [0.15, 0.2) is 24.3 Å². The average molecular weight is 336 g/mol. The first-order valence-electron chi connectivity index (χ1n) is 6.91. The highest BCUT2D eigenvalue weighted by Gasteiger charge is 2.31. The van der Waals surface area contributed by atoms with Gasteiger partial charge in [-0.2, -0.15) is 0 Å². The molecule has 1 N–H and O–H groups in total. The molecule has 0 bridgehead atoms. The van der Waals surface area contributed by atoms with E-state index in [1.165, 1.54) is 18.2 Å². The zero-order valence-electron chi connectivity index (χ0n) is 13.3. The van der Waals surface area contributed by atoms with Gasteiger partial charge in [0.2, 0.25) is 0 Å². The zero-order chi connectivity index (χ0) is 17.2. The third-order valence-electron chi connectivity index (χ3n) is 3.05. The minimum Gasteiger partial charge on any atom is -0.267 e. The number of nitrogens with zero attached hydrogens (tertiary/aromatic N) is 3. The Labute approximate surface area is 137 Å². The minimum absolute atomic E-state index is 0.109. The van der Waals surface area contributed by atoms with Gasteiger partial charge in [0.25, 0.3) is 11.8 Å². The number of nitrogens with one attached hydrogen (secondary N) is 1. The highest BCUT2D eigenvalue weighted by atomic mass is 32.1. The molecule has 0 saturated heterocycles. The maximum absolute atomic E-state index is 13.9. The average Bonchev–Trinajstić information content (AvgIpc) is 2.89. The number of aromatic nitrogens is 2. The Balaban J connectivity index is 2.32. The molecule has 0 fully saturated rings. The quantitative estimate of drug-likeness (QED) is 0.855. The summed E-state index contributed by atoms with van der Waals surface area (Å²) in [5, 5.41) is 4.89. The maximum atomic E-state index is 13.9. The Morgan fingerprint density at radius 1 is 1.26 bits per heavy atom. The Hall–Kier alpha value is -2.35. The molecule has 0 aliphatic heterocycles. The predicted molar refractivity (Wildman–Crippen MR) is 84.4 cm³/mol. The number of hydrogen-bond acceptors (Lipinski definition) is 5. The predicted octanol–water partition coefficient (Wildman–Crippen LogP) is 2.57. The summed E-state index contributed by atoms with van der Waals surface area (Å²) in [6, 6.07) is 5.64. The standard InChI is InChI=1S/C15H17FN4O2S/c1-9-12(23-19-17-9)13(21)18-20(15(2,3)4)14(22)10-7-5-6-8-11(10)16/h5-8H,1-4H3,(H,18,21). The number of carbonyl (C=O) groups is 2. The van der Waals surface area contributed by atoms with E-state index in [2.05, 4.69) is 15.0 Å². The SMILES string of the molecule is Cc1nnsc1C(=O)NN(C(=O)c1ccccc1F)C(C)(C)C. The molecule has 8 heteroatoms. The van der Waals surface area contributed by atoms with E-state index >= 15 is 0 Å². The van der Waals surface area contributed by atoms with Gasteiger partial charge in [-0.05, 0) is 51.4 Å². The number of rotatable bonds is 2. The Morgan fingerprint density at radius 3 is 2.43 bits per heavy atom. The van der Waals surface area contributed by atoms with Crippen LogP contribution in [-0.4, -0.2) is 31.9 Å². The zero-order valence-corrected chi connectivity index (χ0v) is 14.1. The van der Waals surface area contributed by atoms with E-state index in [1.807, 2.05) is 0 Å². The van der Waals surface area contributed by atoms with Crippen molar-refractivity contribution in [1.82, 2.24) is 20.0 Å². The van der Waals surface area contributed by atoms with Crippen molar-refractivity contribution < 1.29 is 14.0 Å². The largest absolute Gasteiger partial charge is 0.283 e. The molecule has 0 aliphatic rings. The van der Waals surface area contributed by atoms with Crippen LogP contribution < -0.4 is 5.43 Å². The van der Waals surface area contributed by atoms with E-state index in [-0.39, 0.29) is 5.56 Å². The highest BCUT2D eigenvalue weighted by molar-refractivity contribution is 7.07. The molecule has 122 valence electrons. The summed E-state index contributed by atoms with van der Waals surface area (Å²) < 4.78 is 17.6. The van der Waals surface area contributed by atoms with Gasteiger partial charge in [0.1, 0.15) is 10.7 Å². The fourth-order valence-electron chi connectivity index (χ4n) is 1.87. The van der Waals surface area contributed by atoms with Crippen molar-refractivity contribution in [2.75, 3.05) is 0 Å². The molecule has 2 rings (SSSR count). The summed E-state index contributed by atoms with van der Waals surface area (Å²) in [7, 11) is 0. The van der Waals surface area contributed by atoms with Crippen LogP contribution in [0, 0.1) is 12.7 Å². The van der Waals surface area contributed by atoms with Crippen LogP contribution in [0.4, 0.5) is 4.39 Å². The molecule has 23 heavy (non-hydrogen) atoms. The highest BCUT2D eigenvalue weighted by Crippen LogP contribution is 2.18. The van der Waals surface area contributed by atoms with Crippen molar-refractivity contribution in [2.45, 2.75) is 33.2 Å². The number of benzene rings is 1. The smallest absolute Gasteiger partial charge is 0.267 e. The van der Waals surface area contributed by atoms with Crippen molar-refractivity contribution in [3.8, 4) is 0 Å². The molecular formula is C15H17FN4O2S. The topological polar surface area (TPSA) is 75.2 Å². The summed E-state index contributed by atoms with van der Waals surface area (Å²) in [6.45, 7) is 6.87. The Morgan fingerprint density at radius 2 is 1.91 bits per heavy atom. The van der Waals surface area contributed by atoms with Gasteiger partial charge >= 0.3 is 0 Å². The number of hydrazine groups is 1. The fourth-order valence-corrected chi connectivity index (χ4v) is 2.42. The molecule has 6 nitrogen and oxygen atoms in total. The second kappa shape index (κ2) is 6.41. The lowest BCUT2D eigenvalue weighted by molar-refractivity contribution is 0.0356. The molecule has 0 aliphatic carbocycles. The van der Waals surface area contributed by atoms with Gasteiger partial charge in [-0.25, -0.2) is 9.40 Å². The third-order valence-corrected chi connectivity index (χ3v) is 3.88. The molecule has 1 aromatic heterocycles. The van der Waals surface area contributed by atoms with Crippen molar-refractivity contribution >= 4 is 23.3 Å². The van der Waals surface area contributed by atoms with Crippen LogP contribution in [0.25, 0.3) is 0 Å². The first-order chi connectivity index (χ1) is 10.7. The first kappa shape index (κ1) is 17.0. The summed E-state index contributed by atoms with van der Waals surface area (Å²) in [6.07, 6.45) is 0. The van der Waals surface area contributed by atoms with E-state index in [4.69, 9.17) is 0 Å². The van der Waals surface area contributed by atoms with Crippen LogP contribution in [0.2, 0.25) is 0 Å².